The summed E-state index contributed by atoms with van der Waals surface area (Å²) in [6.45, 7) is 0. The number of hydrogen-bond acceptors (Lipinski definition) is 4. The summed E-state index contributed by atoms with van der Waals surface area (Å²) in [5, 5.41) is 0. The van der Waals surface area contributed by atoms with Gasteiger partial charge in [-0.15, -0.1) is 0 Å². The lowest BCUT2D eigenvalue weighted by molar-refractivity contribution is 0.0903. The van der Waals surface area contributed by atoms with Gasteiger partial charge >= 0.3 is 0 Å². The lowest BCUT2D eigenvalue weighted by atomic mass is 9.88. The van der Waals surface area contributed by atoms with Gasteiger partial charge in [0.15, 0.2) is 17.0 Å². The van der Waals surface area contributed by atoms with E-state index < -0.39 is 0 Å². The highest BCUT2D eigenvalue weighted by atomic mass is 32.2. The monoisotopic (exact) mass is 308 g/mol. The number of hydrogen-bond donors (Lipinski definition) is 0. The number of thioether (sulfide) groups is 1. The summed E-state index contributed by atoms with van der Waals surface area (Å²) >= 11 is 1.53. The van der Waals surface area contributed by atoms with Crippen molar-refractivity contribution in [3.63, 3.8) is 0 Å². The van der Waals surface area contributed by atoms with Crippen LogP contribution in [0.2, 0.25) is 0 Å². The van der Waals surface area contributed by atoms with Gasteiger partial charge < -0.3 is 4.74 Å². The van der Waals surface area contributed by atoms with Gasteiger partial charge in [0, 0.05) is 22.4 Å². The Morgan fingerprint density at radius 2 is 1.50 bits per heavy atom. The molecule has 0 N–H and O–H groups in total. The Morgan fingerprint density at radius 3 is 2.23 bits per heavy atom. The van der Waals surface area contributed by atoms with Crippen LogP contribution in [-0.2, 0) is 4.74 Å². The lowest BCUT2D eigenvalue weighted by Gasteiger charge is -2.15. The van der Waals surface area contributed by atoms with E-state index in [1.165, 1.54) is 11.8 Å². The standard InChI is InChI=1S/C18H12O3S/c19-16-12-8-4-5-9-13(12)17(20)18-14(16)10-15(21-18)22-11-6-2-1-3-7-11/h1-9,15H,10H2/t15-/m1/s1. The molecule has 0 aromatic heterocycles. The second-order valence-corrected chi connectivity index (χ2v) is 6.43. The normalized spacial score (nSPS) is 19.7. The summed E-state index contributed by atoms with van der Waals surface area (Å²) in [6.07, 6.45) is 0.466. The summed E-state index contributed by atoms with van der Waals surface area (Å²) in [7, 11) is 0. The van der Waals surface area contributed by atoms with Crippen LogP contribution >= 0.6 is 11.8 Å². The molecule has 22 heavy (non-hydrogen) atoms. The predicted octanol–water partition coefficient (Wildman–Crippen LogP) is 3.86. The van der Waals surface area contributed by atoms with Crippen LogP contribution in [0, 0.1) is 0 Å². The molecule has 0 unspecified atom stereocenters. The maximum atomic E-state index is 12.5. The van der Waals surface area contributed by atoms with E-state index in [0.29, 0.717) is 23.1 Å². The van der Waals surface area contributed by atoms with Crippen LogP contribution in [0.1, 0.15) is 27.1 Å². The first-order chi connectivity index (χ1) is 10.7. The predicted molar refractivity (Wildman–Crippen MR) is 83.9 cm³/mol. The summed E-state index contributed by atoms with van der Waals surface area (Å²) in [5.74, 6) is -0.0279. The van der Waals surface area contributed by atoms with Crippen molar-refractivity contribution in [3.05, 3.63) is 77.1 Å². The van der Waals surface area contributed by atoms with Crippen molar-refractivity contribution in [3.8, 4) is 0 Å². The largest absolute Gasteiger partial charge is 0.475 e. The van der Waals surface area contributed by atoms with Gasteiger partial charge in [0.05, 0.1) is 5.57 Å². The molecule has 0 amide bonds. The Labute approximate surface area is 132 Å². The number of benzene rings is 2. The van der Waals surface area contributed by atoms with E-state index in [1.54, 1.807) is 24.3 Å². The van der Waals surface area contributed by atoms with Gasteiger partial charge in [-0.3, -0.25) is 9.59 Å². The maximum absolute atomic E-state index is 12.5. The molecule has 4 heteroatoms. The minimum Gasteiger partial charge on any atom is -0.475 e. The lowest BCUT2D eigenvalue weighted by Crippen LogP contribution is -2.19. The molecule has 2 aliphatic rings. The number of fused-ring (bicyclic) bond motifs is 1. The van der Waals surface area contributed by atoms with Crippen LogP contribution in [0.5, 0.6) is 0 Å². The summed E-state index contributed by atoms with van der Waals surface area (Å²) in [4.78, 5) is 26.1. The van der Waals surface area contributed by atoms with Crippen molar-refractivity contribution in [1.29, 1.82) is 0 Å². The number of Topliss-reactive ketones (excluding diaryl/α,β-unsaturated/α-hetero) is 2. The molecule has 0 bridgehead atoms. The molecule has 1 aliphatic heterocycles. The minimum atomic E-state index is -0.227. The molecular formula is C18H12O3S. The van der Waals surface area contributed by atoms with Crippen LogP contribution in [0.3, 0.4) is 0 Å². The van der Waals surface area contributed by atoms with E-state index in [1.807, 2.05) is 30.3 Å². The zero-order valence-corrected chi connectivity index (χ0v) is 12.4. The number of rotatable bonds is 2. The third kappa shape index (κ3) is 2.07. The second kappa shape index (κ2) is 5.14. The highest BCUT2D eigenvalue weighted by Crippen LogP contribution is 2.41. The zero-order chi connectivity index (χ0) is 15.1. The molecule has 0 saturated heterocycles. The topological polar surface area (TPSA) is 43.4 Å². The van der Waals surface area contributed by atoms with Crippen molar-refractivity contribution in [1.82, 2.24) is 0 Å². The van der Waals surface area contributed by atoms with Crippen LogP contribution in [0.15, 0.2) is 70.8 Å². The first-order valence-electron chi connectivity index (χ1n) is 7.04. The molecule has 0 fully saturated rings. The fourth-order valence-electron chi connectivity index (χ4n) is 2.77. The molecule has 1 heterocycles. The second-order valence-electron chi connectivity index (χ2n) is 5.19. The third-order valence-electron chi connectivity index (χ3n) is 3.80. The number of carbonyl (C=O) groups excluding carboxylic acids is 2. The smallest absolute Gasteiger partial charge is 0.228 e. The van der Waals surface area contributed by atoms with Crippen molar-refractivity contribution in [2.45, 2.75) is 16.8 Å². The van der Waals surface area contributed by atoms with E-state index >= 15 is 0 Å². The molecule has 1 atom stereocenters. The average molecular weight is 308 g/mol. The highest BCUT2D eigenvalue weighted by Gasteiger charge is 2.40. The van der Waals surface area contributed by atoms with Crippen molar-refractivity contribution >= 4 is 23.3 Å². The van der Waals surface area contributed by atoms with Crippen LogP contribution in [-0.4, -0.2) is 17.0 Å². The number of carbonyl (C=O) groups is 2. The maximum Gasteiger partial charge on any atom is 0.228 e. The quantitative estimate of drug-likeness (QED) is 0.845. The van der Waals surface area contributed by atoms with Gasteiger partial charge in [0.25, 0.3) is 0 Å². The van der Waals surface area contributed by atoms with Crippen LogP contribution < -0.4 is 0 Å². The molecule has 0 saturated carbocycles. The van der Waals surface area contributed by atoms with E-state index in [9.17, 15) is 9.59 Å². The van der Waals surface area contributed by atoms with Gasteiger partial charge in [0.2, 0.25) is 5.78 Å². The summed E-state index contributed by atoms with van der Waals surface area (Å²) in [6, 6.07) is 16.8. The fraction of sp³-hybridized carbons (Fsp3) is 0.111. The van der Waals surface area contributed by atoms with Crippen molar-refractivity contribution in [2.75, 3.05) is 0 Å². The summed E-state index contributed by atoms with van der Waals surface area (Å²) in [5.41, 5.74) is 1.21. The Bertz CT molecular complexity index is 761. The highest BCUT2D eigenvalue weighted by molar-refractivity contribution is 7.99. The van der Waals surface area contributed by atoms with Gasteiger partial charge in [0.1, 0.15) is 0 Å². The molecule has 2 aromatic carbocycles. The fourth-order valence-corrected chi connectivity index (χ4v) is 3.78. The van der Waals surface area contributed by atoms with Gasteiger partial charge in [-0.05, 0) is 12.1 Å². The van der Waals surface area contributed by atoms with E-state index in [0.717, 1.165) is 4.90 Å². The third-order valence-corrected chi connectivity index (χ3v) is 4.87. The minimum absolute atomic E-state index is 0.0821. The molecule has 1 aliphatic carbocycles. The molecular weight excluding hydrogens is 296 g/mol. The SMILES string of the molecule is O=C1C2=C(O[C@H](Sc3ccccc3)C2)C(=O)c2ccccc21. The van der Waals surface area contributed by atoms with E-state index in [4.69, 9.17) is 4.74 Å². The molecule has 2 aromatic rings. The number of allylic oxidation sites excluding steroid dienone is 1. The number of ketones is 2. The number of ether oxygens (including phenoxy) is 1. The first-order valence-corrected chi connectivity index (χ1v) is 7.92. The molecule has 0 spiro atoms. The van der Waals surface area contributed by atoms with Gasteiger partial charge in [-0.2, -0.15) is 0 Å². The Morgan fingerprint density at radius 1 is 0.864 bits per heavy atom. The van der Waals surface area contributed by atoms with Gasteiger partial charge in [-0.1, -0.05) is 54.2 Å². The van der Waals surface area contributed by atoms with Crippen LogP contribution in [0.25, 0.3) is 0 Å². The van der Waals surface area contributed by atoms with E-state index in [2.05, 4.69) is 0 Å². The Balaban J connectivity index is 1.62. The Hall–Kier alpha value is -2.33. The first kappa shape index (κ1) is 13.3. The Kier molecular flexibility index (Phi) is 3.12. The van der Waals surface area contributed by atoms with Crippen LogP contribution in [0.4, 0.5) is 0 Å². The van der Waals surface area contributed by atoms with Gasteiger partial charge in [-0.25, -0.2) is 0 Å². The molecule has 4 rings (SSSR count). The van der Waals surface area contributed by atoms with Crippen molar-refractivity contribution in [2.24, 2.45) is 0 Å². The molecule has 3 nitrogen and oxygen atoms in total. The molecule has 0 radical (unpaired) electrons. The molecule has 108 valence electrons. The van der Waals surface area contributed by atoms with Crippen molar-refractivity contribution < 1.29 is 14.3 Å². The van der Waals surface area contributed by atoms with E-state index in [-0.39, 0.29) is 22.8 Å². The summed E-state index contributed by atoms with van der Waals surface area (Å²) < 4.78 is 5.78. The zero-order valence-electron chi connectivity index (χ0n) is 11.6. The average Bonchev–Trinajstić information content (AvgIpc) is 2.98.